The second-order valence-electron chi connectivity index (χ2n) is 5.81. The number of nitrogens with zero attached hydrogens (tertiary/aromatic N) is 4. The molecule has 0 unspecified atom stereocenters. The van der Waals surface area contributed by atoms with Gasteiger partial charge in [0.25, 0.3) is 0 Å². The molecule has 0 spiro atoms. The maximum Gasteiger partial charge on any atom is 0.191 e. The lowest BCUT2D eigenvalue weighted by molar-refractivity contribution is 0.759. The number of hydrogen-bond donors (Lipinski definition) is 3. The van der Waals surface area contributed by atoms with Crippen LogP contribution in [-0.2, 0) is 6.54 Å². The Morgan fingerprint density at radius 1 is 1.00 bits per heavy atom. The van der Waals surface area contributed by atoms with Crippen molar-refractivity contribution in [3.8, 4) is 0 Å². The summed E-state index contributed by atoms with van der Waals surface area (Å²) in [6.45, 7) is 5.09. The third kappa shape index (κ3) is 6.38. The summed E-state index contributed by atoms with van der Waals surface area (Å²) in [5.41, 5.74) is 1.98. The highest BCUT2D eigenvalue weighted by Crippen LogP contribution is 2.05. The number of aliphatic imine (C=N–C) groups is 1. The molecule has 0 saturated heterocycles. The summed E-state index contributed by atoms with van der Waals surface area (Å²) in [6, 6.07) is 16.1. The van der Waals surface area contributed by atoms with E-state index < -0.39 is 0 Å². The van der Waals surface area contributed by atoms with Crippen LogP contribution in [0, 0.1) is 0 Å². The Morgan fingerprint density at radius 3 is 2.63 bits per heavy atom. The third-order valence-corrected chi connectivity index (χ3v) is 3.86. The molecule has 0 amide bonds. The van der Waals surface area contributed by atoms with Gasteiger partial charge in [0.1, 0.15) is 6.54 Å². The van der Waals surface area contributed by atoms with E-state index in [0.29, 0.717) is 6.54 Å². The third-order valence-electron chi connectivity index (χ3n) is 3.86. The van der Waals surface area contributed by atoms with E-state index in [-0.39, 0.29) is 24.0 Å². The number of halogens is 1. The molecule has 8 heteroatoms. The van der Waals surface area contributed by atoms with Gasteiger partial charge in [-0.05, 0) is 37.6 Å². The molecule has 0 atom stereocenters. The van der Waals surface area contributed by atoms with Gasteiger partial charge in [-0.3, -0.25) is 4.40 Å². The number of rotatable bonds is 8. The van der Waals surface area contributed by atoms with Gasteiger partial charge in [0.05, 0.1) is 0 Å². The Kier molecular flexibility index (Phi) is 8.82. The monoisotopic (exact) mass is 479 g/mol. The topological polar surface area (TPSA) is 78.6 Å². The van der Waals surface area contributed by atoms with Crippen molar-refractivity contribution >= 4 is 41.3 Å². The molecule has 2 aromatic heterocycles. The number of aromatic nitrogens is 3. The molecule has 0 bridgehead atoms. The van der Waals surface area contributed by atoms with Crippen molar-refractivity contribution in [1.82, 2.24) is 25.2 Å². The van der Waals surface area contributed by atoms with Crippen molar-refractivity contribution in [2.75, 3.05) is 25.0 Å². The Morgan fingerprint density at radius 2 is 1.81 bits per heavy atom. The number of hydrogen-bond acceptors (Lipinski definition) is 4. The molecule has 0 fully saturated rings. The van der Waals surface area contributed by atoms with Crippen molar-refractivity contribution in [3.05, 3.63) is 60.6 Å². The van der Waals surface area contributed by atoms with Gasteiger partial charge in [0.15, 0.2) is 17.4 Å². The summed E-state index contributed by atoms with van der Waals surface area (Å²) in [6.07, 6.45) is 2.95. The van der Waals surface area contributed by atoms with E-state index in [9.17, 15) is 0 Å². The molecule has 0 aliphatic carbocycles. The fourth-order valence-electron chi connectivity index (χ4n) is 2.57. The second kappa shape index (κ2) is 11.4. The standard InChI is InChI=1S/C19H25N7.HI/c1-2-20-19(22-13-8-12-21-16-9-4-3-5-10-16)23-15-18-25-24-17-11-6-7-14-26(17)18;/h3-7,9-11,14,21H,2,8,12-13,15H2,1H3,(H2,20,22,23);1H. The summed E-state index contributed by atoms with van der Waals surface area (Å²) < 4.78 is 1.96. The summed E-state index contributed by atoms with van der Waals surface area (Å²) in [5.74, 6) is 1.61. The summed E-state index contributed by atoms with van der Waals surface area (Å²) in [4.78, 5) is 4.61. The Labute approximate surface area is 176 Å². The molecular formula is C19H26IN7. The van der Waals surface area contributed by atoms with Gasteiger partial charge in [-0.15, -0.1) is 34.2 Å². The minimum atomic E-state index is 0. The van der Waals surface area contributed by atoms with Crippen molar-refractivity contribution in [2.45, 2.75) is 19.9 Å². The van der Waals surface area contributed by atoms with Crippen LogP contribution < -0.4 is 16.0 Å². The number of benzene rings is 1. The highest BCUT2D eigenvalue weighted by molar-refractivity contribution is 14.0. The first-order chi connectivity index (χ1) is 12.9. The second-order valence-corrected chi connectivity index (χ2v) is 5.81. The van der Waals surface area contributed by atoms with Crippen LogP contribution in [0.2, 0.25) is 0 Å². The zero-order valence-corrected chi connectivity index (χ0v) is 17.8. The highest BCUT2D eigenvalue weighted by atomic mass is 127. The van der Waals surface area contributed by atoms with Gasteiger partial charge in [-0.1, -0.05) is 24.3 Å². The fraction of sp³-hybridized carbons (Fsp3) is 0.316. The quantitative estimate of drug-likeness (QED) is 0.201. The Balaban J connectivity index is 0.00000261. The molecule has 3 aromatic rings. The van der Waals surface area contributed by atoms with E-state index in [1.54, 1.807) is 0 Å². The summed E-state index contributed by atoms with van der Waals surface area (Å²) >= 11 is 0. The predicted octanol–water partition coefficient (Wildman–Crippen LogP) is 2.90. The fourth-order valence-corrected chi connectivity index (χ4v) is 2.57. The first-order valence-corrected chi connectivity index (χ1v) is 8.96. The largest absolute Gasteiger partial charge is 0.385 e. The zero-order valence-electron chi connectivity index (χ0n) is 15.4. The van der Waals surface area contributed by atoms with Crippen LogP contribution >= 0.6 is 24.0 Å². The average Bonchev–Trinajstić information content (AvgIpc) is 3.10. The Hall–Kier alpha value is -2.36. The minimum Gasteiger partial charge on any atom is -0.385 e. The first-order valence-electron chi connectivity index (χ1n) is 8.96. The van der Waals surface area contributed by atoms with Gasteiger partial charge in [0, 0.05) is 31.5 Å². The highest BCUT2D eigenvalue weighted by Gasteiger charge is 2.04. The minimum absolute atomic E-state index is 0. The molecular weight excluding hydrogens is 453 g/mol. The van der Waals surface area contributed by atoms with Crippen LogP contribution in [0.25, 0.3) is 5.65 Å². The molecule has 3 rings (SSSR count). The maximum absolute atomic E-state index is 4.61. The SMILES string of the molecule is CCNC(=NCc1nnc2ccccn12)NCCCNc1ccccc1.I. The van der Waals surface area contributed by atoms with Crippen LogP contribution in [0.5, 0.6) is 0 Å². The van der Waals surface area contributed by atoms with Crippen LogP contribution in [0.4, 0.5) is 5.69 Å². The van der Waals surface area contributed by atoms with Gasteiger partial charge in [0.2, 0.25) is 0 Å². The van der Waals surface area contributed by atoms with Crippen LogP contribution in [0.15, 0.2) is 59.7 Å². The Bertz CT molecular complexity index is 832. The normalized spacial score (nSPS) is 11.1. The molecule has 1 aromatic carbocycles. The molecule has 144 valence electrons. The molecule has 2 heterocycles. The van der Waals surface area contributed by atoms with E-state index >= 15 is 0 Å². The lowest BCUT2D eigenvalue weighted by Crippen LogP contribution is -2.38. The van der Waals surface area contributed by atoms with E-state index in [2.05, 4.69) is 50.2 Å². The summed E-state index contributed by atoms with van der Waals surface area (Å²) in [5, 5.41) is 18.4. The number of anilines is 1. The number of guanidine groups is 1. The number of fused-ring (bicyclic) bond motifs is 1. The van der Waals surface area contributed by atoms with Crippen LogP contribution in [-0.4, -0.2) is 40.2 Å². The van der Waals surface area contributed by atoms with Crippen molar-refractivity contribution < 1.29 is 0 Å². The van der Waals surface area contributed by atoms with Crippen molar-refractivity contribution in [1.29, 1.82) is 0 Å². The maximum atomic E-state index is 4.61. The molecule has 0 saturated carbocycles. The molecule has 0 aliphatic rings. The van der Waals surface area contributed by atoms with E-state index in [1.165, 1.54) is 0 Å². The smallest absolute Gasteiger partial charge is 0.191 e. The number of pyridine rings is 1. The van der Waals surface area contributed by atoms with Gasteiger partial charge in [-0.25, -0.2) is 4.99 Å². The van der Waals surface area contributed by atoms with E-state index in [0.717, 1.165) is 49.2 Å². The molecule has 0 radical (unpaired) electrons. The zero-order chi connectivity index (χ0) is 18.0. The summed E-state index contributed by atoms with van der Waals surface area (Å²) in [7, 11) is 0. The van der Waals surface area contributed by atoms with Crippen LogP contribution in [0.1, 0.15) is 19.2 Å². The lowest BCUT2D eigenvalue weighted by Gasteiger charge is -2.11. The first kappa shape index (κ1) is 20.9. The van der Waals surface area contributed by atoms with Gasteiger partial charge < -0.3 is 16.0 Å². The predicted molar refractivity (Wildman–Crippen MR) is 121 cm³/mol. The lowest BCUT2D eigenvalue weighted by atomic mass is 10.3. The van der Waals surface area contributed by atoms with Crippen molar-refractivity contribution in [2.24, 2.45) is 4.99 Å². The number of nitrogens with one attached hydrogen (secondary N) is 3. The van der Waals surface area contributed by atoms with Crippen molar-refractivity contribution in [3.63, 3.8) is 0 Å². The van der Waals surface area contributed by atoms with Gasteiger partial charge in [-0.2, -0.15) is 0 Å². The molecule has 7 nitrogen and oxygen atoms in total. The van der Waals surface area contributed by atoms with Gasteiger partial charge >= 0.3 is 0 Å². The van der Waals surface area contributed by atoms with E-state index in [1.807, 2.05) is 47.0 Å². The molecule has 3 N–H and O–H groups in total. The van der Waals surface area contributed by atoms with E-state index in [4.69, 9.17) is 0 Å². The van der Waals surface area contributed by atoms with Crippen LogP contribution in [0.3, 0.4) is 0 Å². The molecule has 27 heavy (non-hydrogen) atoms. The molecule has 0 aliphatic heterocycles. The average molecular weight is 479 g/mol. The number of para-hydroxylation sites is 1.